The van der Waals surface area contributed by atoms with Crippen molar-refractivity contribution < 1.29 is 0 Å². The molecule has 0 fully saturated rings. The zero-order valence-electron chi connectivity index (χ0n) is 12.4. The van der Waals surface area contributed by atoms with Crippen molar-refractivity contribution in [3.8, 4) is 0 Å². The number of hydrogen-bond acceptors (Lipinski definition) is 2. The van der Waals surface area contributed by atoms with Crippen molar-refractivity contribution in [2.45, 2.75) is 27.2 Å². The lowest BCUT2D eigenvalue weighted by Crippen LogP contribution is -2.10. The van der Waals surface area contributed by atoms with Crippen molar-refractivity contribution in [2.75, 3.05) is 0 Å². The summed E-state index contributed by atoms with van der Waals surface area (Å²) in [7, 11) is 0. The lowest BCUT2D eigenvalue weighted by atomic mass is 10.1. The van der Waals surface area contributed by atoms with Crippen LogP contribution in [0.4, 0.5) is 0 Å². The molecule has 0 bridgehead atoms. The second-order valence-corrected chi connectivity index (χ2v) is 6.49. The molecule has 0 spiro atoms. The molecule has 104 valence electrons. The van der Waals surface area contributed by atoms with Crippen molar-refractivity contribution in [2.24, 2.45) is 0 Å². The van der Waals surface area contributed by atoms with Crippen LogP contribution in [0.3, 0.4) is 0 Å². The third-order valence-electron chi connectivity index (χ3n) is 3.14. The van der Waals surface area contributed by atoms with E-state index in [-0.39, 0.29) is 0 Å². The van der Waals surface area contributed by atoms with E-state index < -0.39 is 0 Å². The molecular formula is C18H21NS. The highest BCUT2D eigenvalue weighted by Gasteiger charge is 2.14. The lowest BCUT2D eigenvalue weighted by molar-refractivity contribution is 1.08. The monoisotopic (exact) mass is 283 g/mol. The minimum atomic E-state index is 0.864. The van der Waals surface area contributed by atoms with Gasteiger partial charge in [-0.2, -0.15) is 0 Å². The summed E-state index contributed by atoms with van der Waals surface area (Å²) < 4.78 is 0. The molecule has 0 amide bonds. The summed E-state index contributed by atoms with van der Waals surface area (Å²) in [5.41, 5.74) is 5.94. The van der Waals surface area contributed by atoms with Crippen LogP contribution in [0.2, 0.25) is 0 Å². The Morgan fingerprint density at radius 1 is 1.30 bits per heavy atom. The predicted octanol–water partition coefficient (Wildman–Crippen LogP) is 5.38. The lowest BCUT2D eigenvalue weighted by Gasteiger charge is -2.14. The number of thioether (sulfide) groups is 1. The fourth-order valence-electron chi connectivity index (χ4n) is 2.22. The highest BCUT2D eigenvalue weighted by Crippen LogP contribution is 2.35. The zero-order chi connectivity index (χ0) is 14.7. The summed E-state index contributed by atoms with van der Waals surface area (Å²) in [4.78, 5) is 2.29. The molecule has 0 aromatic heterocycles. The molecule has 1 aromatic carbocycles. The summed E-state index contributed by atoms with van der Waals surface area (Å²) in [6, 6.07) is 8.55. The van der Waals surface area contributed by atoms with Crippen molar-refractivity contribution in [1.29, 1.82) is 0 Å². The van der Waals surface area contributed by atoms with Crippen LogP contribution in [0.1, 0.15) is 31.4 Å². The first-order valence-corrected chi connectivity index (χ1v) is 7.55. The Labute approximate surface area is 126 Å². The highest BCUT2D eigenvalue weighted by molar-refractivity contribution is 8.06. The van der Waals surface area contributed by atoms with Crippen LogP contribution in [-0.2, 0) is 0 Å². The second-order valence-electron chi connectivity index (χ2n) is 5.18. The normalized spacial score (nSPS) is 15.6. The van der Waals surface area contributed by atoms with Gasteiger partial charge in [0.15, 0.2) is 0 Å². The number of allylic oxidation sites excluding steroid dienone is 4. The van der Waals surface area contributed by atoms with Gasteiger partial charge in [0, 0.05) is 16.3 Å². The molecule has 0 atom stereocenters. The Hall–Kier alpha value is -1.67. The van der Waals surface area contributed by atoms with Crippen molar-refractivity contribution in [3.63, 3.8) is 0 Å². The Kier molecular flexibility index (Phi) is 4.56. The molecule has 1 aromatic rings. The van der Waals surface area contributed by atoms with Gasteiger partial charge in [0.25, 0.3) is 0 Å². The van der Waals surface area contributed by atoms with Gasteiger partial charge >= 0.3 is 0 Å². The summed E-state index contributed by atoms with van der Waals surface area (Å²) in [5, 5.41) is 3.53. The molecule has 2 rings (SSSR count). The minimum absolute atomic E-state index is 0.864. The summed E-state index contributed by atoms with van der Waals surface area (Å²) in [6.07, 6.45) is 3.08. The van der Waals surface area contributed by atoms with E-state index >= 15 is 0 Å². The van der Waals surface area contributed by atoms with Crippen LogP contribution in [0.25, 0.3) is 5.70 Å². The minimum Gasteiger partial charge on any atom is -0.358 e. The van der Waals surface area contributed by atoms with E-state index in [2.05, 4.69) is 62.7 Å². The third kappa shape index (κ3) is 3.45. The molecule has 1 aliphatic heterocycles. The highest BCUT2D eigenvalue weighted by atomic mass is 32.2. The molecule has 2 heteroatoms. The molecule has 0 radical (unpaired) electrons. The first-order chi connectivity index (χ1) is 9.47. The van der Waals surface area contributed by atoms with Gasteiger partial charge in [0.1, 0.15) is 0 Å². The Morgan fingerprint density at radius 2 is 2.05 bits per heavy atom. The smallest absolute Gasteiger partial charge is 0.0418 e. The van der Waals surface area contributed by atoms with Crippen molar-refractivity contribution >= 4 is 17.5 Å². The maximum Gasteiger partial charge on any atom is 0.0418 e. The van der Waals surface area contributed by atoms with E-state index in [1.54, 1.807) is 11.8 Å². The number of aryl methyl sites for hydroxylation is 1. The van der Waals surface area contributed by atoms with Gasteiger partial charge in [-0.05, 0) is 49.3 Å². The van der Waals surface area contributed by atoms with Crippen LogP contribution in [-0.4, -0.2) is 0 Å². The fraction of sp³-hybridized carbons (Fsp3) is 0.222. The Bertz CT molecular complexity index is 620. The van der Waals surface area contributed by atoms with Gasteiger partial charge < -0.3 is 5.32 Å². The first kappa shape index (κ1) is 14.7. The molecule has 1 nitrogen and oxygen atoms in total. The van der Waals surface area contributed by atoms with Gasteiger partial charge in [-0.25, -0.2) is 0 Å². The van der Waals surface area contributed by atoms with E-state index in [0.29, 0.717) is 0 Å². The largest absolute Gasteiger partial charge is 0.358 e. The van der Waals surface area contributed by atoms with Gasteiger partial charge in [0.05, 0.1) is 0 Å². The van der Waals surface area contributed by atoms with E-state index in [1.165, 1.54) is 16.0 Å². The molecule has 1 aliphatic rings. The molecular weight excluding hydrogens is 262 g/mol. The van der Waals surface area contributed by atoms with E-state index in [9.17, 15) is 0 Å². The van der Waals surface area contributed by atoms with Gasteiger partial charge in [-0.3, -0.25) is 0 Å². The van der Waals surface area contributed by atoms with Crippen molar-refractivity contribution in [3.05, 3.63) is 75.7 Å². The predicted molar refractivity (Wildman–Crippen MR) is 91.2 cm³/mol. The number of benzene rings is 1. The molecule has 1 N–H and O–H groups in total. The fourth-order valence-corrected chi connectivity index (χ4v) is 3.00. The third-order valence-corrected chi connectivity index (χ3v) is 4.29. The number of rotatable bonds is 3. The molecule has 20 heavy (non-hydrogen) atoms. The standard InChI is InChI=1S/C18H21NS/c1-12(2)20-18-14(4)9-10-17(19-15(18)5)16-8-6-7-13(3)11-16/h6-8,10-11,19H,1,4,9H2,2-3,5H3. The summed E-state index contributed by atoms with van der Waals surface area (Å²) >= 11 is 1.70. The molecule has 1 heterocycles. The quantitative estimate of drug-likeness (QED) is 0.799. The van der Waals surface area contributed by atoms with Gasteiger partial charge in [-0.15, -0.1) is 0 Å². The average molecular weight is 283 g/mol. The maximum absolute atomic E-state index is 4.20. The average Bonchev–Trinajstić information content (AvgIpc) is 2.51. The first-order valence-electron chi connectivity index (χ1n) is 6.74. The van der Waals surface area contributed by atoms with E-state index in [4.69, 9.17) is 0 Å². The van der Waals surface area contributed by atoms with Crippen LogP contribution in [0, 0.1) is 6.92 Å². The SMILES string of the molecule is C=C(C)SC1=C(C)NC(c2cccc(C)c2)=CCC1=C. The molecule has 0 unspecified atom stereocenters. The maximum atomic E-state index is 4.20. The van der Waals surface area contributed by atoms with Crippen LogP contribution in [0.15, 0.2) is 64.6 Å². The second kappa shape index (κ2) is 6.19. The number of hydrogen-bond donors (Lipinski definition) is 1. The number of nitrogens with one attached hydrogen (secondary N) is 1. The van der Waals surface area contributed by atoms with Crippen LogP contribution >= 0.6 is 11.8 Å². The van der Waals surface area contributed by atoms with E-state index in [1.807, 2.05) is 6.92 Å². The molecule has 0 saturated heterocycles. The van der Waals surface area contributed by atoms with Gasteiger partial charge in [0.2, 0.25) is 0 Å². The van der Waals surface area contributed by atoms with Gasteiger partial charge in [-0.1, -0.05) is 54.8 Å². The Balaban J connectivity index is 2.34. The Morgan fingerprint density at radius 3 is 2.70 bits per heavy atom. The van der Waals surface area contributed by atoms with Crippen LogP contribution in [0.5, 0.6) is 0 Å². The van der Waals surface area contributed by atoms with E-state index in [0.717, 1.165) is 28.3 Å². The zero-order valence-corrected chi connectivity index (χ0v) is 13.2. The topological polar surface area (TPSA) is 12.0 Å². The molecule has 0 aliphatic carbocycles. The van der Waals surface area contributed by atoms with Crippen LogP contribution < -0.4 is 5.32 Å². The summed E-state index contributed by atoms with van der Waals surface area (Å²) in [5.74, 6) is 0. The van der Waals surface area contributed by atoms with Crippen molar-refractivity contribution in [1.82, 2.24) is 5.32 Å². The molecule has 0 saturated carbocycles. The summed E-state index contributed by atoms with van der Waals surface area (Å²) in [6.45, 7) is 14.4.